The molecule has 0 heterocycles. The third-order valence-electron chi connectivity index (χ3n) is 2.94. The van der Waals surface area contributed by atoms with Crippen LogP contribution in [0.1, 0.15) is 38.7 Å². The minimum absolute atomic E-state index is 0.194. The molecule has 0 unspecified atom stereocenters. The van der Waals surface area contributed by atoms with E-state index in [-0.39, 0.29) is 6.42 Å². The van der Waals surface area contributed by atoms with Crippen molar-refractivity contribution in [2.45, 2.75) is 38.5 Å². The maximum atomic E-state index is 9.18. The lowest BCUT2D eigenvalue weighted by Gasteiger charge is -2.18. The SMILES string of the molecule is CCCCOc1ccc([C@@](C)(C#N)CC#N)cc1. The van der Waals surface area contributed by atoms with Gasteiger partial charge >= 0.3 is 0 Å². The maximum absolute atomic E-state index is 9.18. The van der Waals surface area contributed by atoms with E-state index in [1.54, 1.807) is 6.92 Å². The molecule has 0 N–H and O–H groups in total. The number of benzene rings is 1. The highest BCUT2D eigenvalue weighted by Crippen LogP contribution is 2.28. The highest BCUT2D eigenvalue weighted by atomic mass is 16.5. The van der Waals surface area contributed by atoms with Crippen molar-refractivity contribution in [3.8, 4) is 17.9 Å². The summed E-state index contributed by atoms with van der Waals surface area (Å²) in [5, 5.41) is 17.9. The van der Waals surface area contributed by atoms with Gasteiger partial charge in [-0.1, -0.05) is 25.5 Å². The summed E-state index contributed by atoms with van der Waals surface area (Å²) in [7, 11) is 0. The van der Waals surface area contributed by atoms with Gasteiger partial charge in [0, 0.05) is 0 Å². The number of rotatable bonds is 6. The molecule has 94 valence electrons. The topological polar surface area (TPSA) is 56.8 Å². The van der Waals surface area contributed by atoms with Crippen LogP contribution in [0.3, 0.4) is 0 Å². The second kappa shape index (κ2) is 6.67. The molecular weight excluding hydrogens is 224 g/mol. The monoisotopic (exact) mass is 242 g/mol. The van der Waals surface area contributed by atoms with Crippen LogP contribution in [-0.4, -0.2) is 6.61 Å². The summed E-state index contributed by atoms with van der Waals surface area (Å²) in [4.78, 5) is 0. The predicted octanol–water partition coefficient (Wildman–Crippen LogP) is 3.56. The molecule has 1 atom stereocenters. The Morgan fingerprint density at radius 2 is 1.89 bits per heavy atom. The van der Waals surface area contributed by atoms with Gasteiger partial charge in [0.2, 0.25) is 0 Å². The van der Waals surface area contributed by atoms with E-state index in [9.17, 15) is 5.26 Å². The van der Waals surface area contributed by atoms with Crippen molar-refractivity contribution in [3.05, 3.63) is 29.8 Å². The van der Waals surface area contributed by atoms with E-state index >= 15 is 0 Å². The van der Waals surface area contributed by atoms with Crippen LogP contribution in [0.15, 0.2) is 24.3 Å². The minimum Gasteiger partial charge on any atom is -0.494 e. The van der Waals surface area contributed by atoms with Crippen molar-refractivity contribution >= 4 is 0 Å². The van der Waals surface area contributed by atoms with Crippen molar-refractivity contribution in [3.63, 3.8) is 0 Å². The molecule has 3 heteroatoms. The molecule has 0 amide bonds. The number of nitriles is 2. The van der Waals surface area contributed by atoms with E-state index < -0.39 is 5.41 Å². The third-order valence-corrected chi connectivity index (χ3v) is 2.94. The summed E-state index contributed by atoms with van der Waals surface area (Å²) in [6.07, 6.45) is 2.33. The summed E-state index contributed by atoms with van der Waals surface area (Å²) in [6, 6.07) is 11.7. The van der Waals surface area contributed by atoms with Crippen LogP contribution in [0.25, 0.3) is 0 Å². The van der Waals surface area contributed by atoms with E-state index in [0.717, 1.165) is 24.2 Å². The van der Waals surface area contributed by atoms with Crippen molar-refractivity contribution in [1.29, 1.82) is 10.5 Å². The molecule has 0 spiro atoms. The van der Waals surface area contributed by atoms with Crippen LogP contribution in [-0.2, 0) is 5.41 Å². The average Bonchev–Trinajstić information content (AvgIpc) is 2.40. The van der Waals surface area contributed by atoms with Crippen LogP contribution in [0.2, 0.25) is 0 Å². The maximum Gasteiger partial charge on any atom is 0.119 e. The molecule has 0 aliphatic rings. The van der Waals surface area contributed by atoms with E-state index in [1.165, 1.54) is 0 Å². The van der Waals surface area contributed by atoms with Gasteiger partial charge in [-0.25, -0.2) is 0 Å². The zero-order valence-corrected chi connectivity index (χ0v) is 10.9. The molecule has 0 saturated carbocycles. The molecule has 3 nitrogen and oxygen atoms in total. The lowest BCUT2D eigenvalue weighted by Crippen LogP contribution is -2.18. The van der Waals surface area contributed by atoms with Gasteiger partial charge in [-0.3, -0.25) is 0 Å². The summed E-state index contributed by atoms with van der Waals surface area (Å²) in [6.45, 7) is 4.61. The Morgan fingerprint density at radius 3 is 2.39 bits per heavy atom. The van der Waals surface area contributed by atoms with Gasteiger partial charge in [0.25, 0.3) is 0 Å². The highest BCUT2D eigenvalue weighted by Gasteiger charge is 2.26. The second-order valence-corrected chi connectivity index (χ2v) is 4.51. The number of unbranched alkanes of at least 4 members (excludes halogenated alkanes) is 1. The molecule has 0 aromatic heterocycles. The zero-order valence-electron chi connectivity index (χ0n) is 10.9. The van der Waals surface area contributed by atoms with E-state index in [2.05, 4.69) is 19.1 Å². The van der Waals surface area contributed by atoms with Crippen LogP contribution in [0.4, 0.5) is 0 Å². The van der Waals surface area contributed by atoms with E-state index in [4.69, 9.17) is 10.00 Å². The van der Waals surface area contributed by atoms with Crippen LogP contribution < -0.4 is 4.74 Å². The van der Waals surface area contributed by atoms with E-state index in [0.29, 0.717) is 6.61 Å². The number of hydrogen-bond acceptors (Lipinski definition) is 3. The lowest BCUT2D eigenvalue weighted by molar-refractivity contribution is 0.309. The Morgan fingerprint density at radius 1 is 1.22 bits per heavy atom. The van der Waals surface area contributed by atoms with Crippen molar-refractivity contribution in [2.75, 3.05) is 6.61 Å². The second-order valence-electron chi connectivity index (χ2n) is 4.51. The summed E-state index contributed by atoms with van der Waals surface area (Å²) in [5.74, 6) is 0.810. The summed E-state index contributed by atoms with van der Waals surface area (Å²) < 4.78 is 5.56. The molecule has 1 aromatic carbocycles. The largest absolute Gasteiger partial charge is 0.494 e. The number of ether oxygens (including phenoxy) is 1. The summed E-state index contributed by atoms with van der Waals surface area (Å²) >= 11 is 0. The average molecular weight is 242 g/mol. The van der Waals surface area contributed by atoms with Crippen molar-refractivity contribution < 1.29 is 4.74 Å². The zero-order chi connectivity index (χ0) is 13.4. The summed E-state index contributed by atoms with van der Waals surface area (Å²) in [5.41, 5.74) is 0.117. The fourth-order valence-electron chi connectivity index (χ4n) is 1.62. The van der Waals surface area contributed by atoms with Gasteiger partial charge in [-0.05, 0) is 31.0 Å². The molecule has 1 rings (SSSR count). The first-order valence-corrected chi connectivity index (χ1v) is 6.18. The molecule has 18 heavy (non-hydrogen) atoms. The van der Waals surface area contributed by atoms with Gasteiger partial charge in [-0.2, -0.15) is 10.5 Å². The fraction of sp³-hybridized carbons (Fsp3) is 0.467. The number of nitrogens with zero attached hydrogens (tertiary/aromatic N) is 2. The Kier molecular flexibility index (Phi) is 5.21. The Hall–Kier alpha value is -2.00. The third kappa shape index (κ3) is 3.50. The standard InChI is InChI=1S/C15H18N2O/c1-3-4-11-18-14-7-5-13(6-8-14)15(2,12-17)9-10-16/h5-8H,3-4,9,11H2,1-2H3/t15-/m1/s1. The quantitative estimate of drug-likeness (QED) is 0.717. The number of hydrogen-bond donors (Lipinski definition) is 0. The molecule has 0 aliphatic heterocycles. The highest BCUT2D eigenvalue weighted by molar-refractivity contribution is 5.36. The molecule has 0 aliphatic carbocycles. The molecule has 0 fully saturated rings. The molecule has 0 saturated heterocycles. The Labute approximate surface area is 109 Å². The van der Waals surface area contributed by atoms with E-state index in [1.807, 2.05) is 24.3 Å². The van der Waals surface area contributed by atoms with Crippen LogP contribution in [0, 0.1) is 22.7 Å². The van der Waals surface area contributed by atoms with Gasteiger partial charge < -0.3 is 4.74 Å². The van der Waals surface area contributed by atoms with Crippen LogP contribution >= 0.6 is 0 Å². The Bertz CT molecular complexity index is 453. The van der Waals surface area contributed by atoms with Crippen molar-refractivity contribution in [2.24, 2.45) is 0 Å². The first-order chi connectivity index (χ1) is 8.66. The van der Waals surface area contributed by atoms with Gasteiger partial charge in [0.15, 0.2) is 0 Å². The molecular formula is C15H18N2O. The predicted molar refractivity (Wildman–Crippen MR) is 70.0 cm³/mol. The lowest BCUT2D eigenvalue weighted by atomic mass is 9.81. The normalized spacial score (nSPS) is 13.1. The first-order valence-electron chi connectivity index (χ1n) is 6.18. The Balaban J connectivity index is 2.76. The van der Waals surface area contributed by atoms with Crippen molar-refractivity contribution in [1.82, 2.24) is 0 Å². The van der Waals surface area contributed by atoms with Gasteiger partial charge in [0.1, 0.15) is 5.75 Å². The molecule has 1 aromatic rings. The first kappa shape index (κ1) is 14.1. The molecule has 0 radical (unpaired) electrons. The fourth-order valence-corrected chi connectivity index (χ4v) is 1.62. The van der Waals surface area contributed by atoms with Crippen LogP contribution in [0.5, 0.6) is 5.75 Å². The van der Waals surface area contributed by atoms with Gasteiger partial charge in [-0.15, -0.1) is 0 Å². The smallest absolute Gasteiger partial charge is 0.119 e. The van der Waals surface area contributed by atoms with Gasteiger partial charge in [0.05, 0.1) is 30.6 Å². The minimum atomic E-state index is -0.739. The molecule has 0 bridgehead atoms.